The summed E-state index contributed by atoms with van der Waals surface area (Å²) in [4.78, 5) is 10.1. The molecule has 0 saturated carbocycles. The van der Waals surface area contributed by atoms with Crippen LogP contribution in [-0.4, -0.2) is 58.4 Å². The van der Waals surface area contributed by atoms with Crippen LogP contribution in [0.25, 0.3) is 22.2 Å². The quantitative estimate of drug-likeness (QED) is 0.225. The largest absolute Gasteiger partial charge is 0.483 e. The second kappa shape index (κ2) is 10.3. The molecule has 8 nitrogen and oxygen atoms in total. The Hall–Kier alpha value is -2.78. The van der Waals surface area contributed by atoms with Gasteiger partial charge in [0.15, 0.2) is 23.2 Å². The number of ether oxygens (including phenoxy) is 1. The topological polar surface area (TPSA) is 96.0 Å². The van der Waals surface area contributed by atoms with Gasteiger partial charge >= 0.3 is 0 Å². The fourth-order valence-corrected chi connectivity index (χ4v) is 6.05. The van der Waals surface area contributed by atoms with Gasteiger partial charge in [-0.15, -0.1) is 0 Å². The number of hydrogen-bond acceptors (Lipinski definition) is 7. The Balaban J connectivity index is 1.38. The van der Waals surface area contributed by atoms with E-state index in [0.29, 0.717) is 57.1 Å². The van der Waals surface area contributed by atoms with Gasteiger partial charge in [0.2, 0.25) is 0 Å². The van der Waals surface area contributed by atoms with Gasteiger partial charge < -0.3 is 19.5 Å². The van der Waals surface area contributed by atoms with E-state index in [4.69, 9.17) is 27.9 Å². The molecule has 1 aromatic carbocycles. The van der Waals surface area contributed by atoms with Crippen LogP contribution in [0.4, 0.5) is 14.6 Å². The van der Waals surface area contributed by atoms with Crippen molar-refractivity contribution in [1.82, 2.24) is 25.5 Å². The van der Waals surface area contributed by atoms with E-state index in [1.807, 2.05) is 11.8 Å². The molecule has 1 saturated heterocycles. The maximum absolute atomic E-state index is 15.2. The van der Waals surface area contributed by atoms with Crippen LogP contribution < -0.4 is 15.0 Å². The van der Waals surface area contributed by atoms with Crippen molar-refractivity contribution >= 4 is 47.1 Å². The molecule has 0 unspecified atom stereocenters. The molecule has 2 N–H and O–H groups in total. The number of anilines is 1. The Labute approximate surface area is 234 Å². The molecule has 1 atom stereocenters. The number of hydrogen-bond donors (Lipinski definition) is 2. The molecule has 1 aliphatic rings. The SMILES string of the molecule is C[C@@H](Oc1cc2c(-c3cnc(N4CC(C)(NCP(C)(C)=O)C4)c(F)c3)n[nH]c2cc1F)c1c(Cl)cncc1Cl. The lowest BCUT2D eigenvalue weighted by atomic mass is 9.92. The highest BCUT2D eigenvalue weighted by molar-refractivity contribution is 7.62. The molecule has 1 fully saturated rings. The van der Waals surface area contributed by atoms with Crippen LogP contribution in [0.3, 0.4) is 0 Å². The van der Waals surface area contributed by atoms with E-state index in [0.717, 1.165) is 0 Å². The van der Waals surface area contributed by atoms with Gasteiger partial charge in [-0.25, -0.2) is 13.8 Å². The first-order chi connectivity index (χ1) is 18.3. The first kappa shape index (κ1) is 27.8. The second-order valence-electron chi connectivity index (χ2n) is 10.5. The summed E-state index contributed by atoms with van der Waals surface area (Å²) in [5.41, 5.74) is 1.46. The highest BCUT2D eigenvalue weighted by atomic mass is 35.5. The van der Waals surface area contributed by atoms with Crippen LogP contribution in [0.1, 0.15) is 25.5 Å². The lowest BCUT2D eigenvalue weighted by Gasteiger charge is -2.49. The lowest BCUT2D eigenvalue weighted by Crippen LogP contribution is -2.68. The maximum Gasteiger partial charge on any atom is 0.167 e. The Morgan fingerprint density at radius 1 is 1.15 bits per heavy atom. The van der Waals surface area contributed by atoms with Gasteiger partial charge in [0.25, 0.3) is 0 Å². The maximum atomic E-state index is 15.2. The van der Waals surface area contributed by atoms with Crippen LogP contribution in [0.5, 0.6) is 5.75 Å². The summed E-state index contributed by atoms with van der Waals surface area (Å²) in [7, 11) is -2.21. The molecule has 13 heteroatoms. The highest BCUT2D eigenvalue weighted by Gasteiger charge is 2.40. The monoisotopic (exact) mass is 594 g/mol. The summed E-state index contributed by atoms with van der Waals surface area (Å²) in [5, 5.41) is 11.5. The van der Waals surface area contributed by atoms with Crippen molar-refractivity contribution in [2.75, 3.05) is 37.6 Å². The molecule has 1 aliphatic heterocycles. The third-order valence-corrected chi connectivity index (χ3v) is 8.10. The molecule has 0 spiro atoms. The number of rotatable bonds is 8. The fourth-order valence-electron chi connectivity index (χ4n) is 4.62. The molecule has 5 rings (SSSR count). The lowest BCUT2D eigenvalue weighted by molar-refractivity contribution is 0.217. The van der Waals surface area contributed by atoms with Crippen LogP contribution in [0, 0.1) is 11.6 Å². The summed E-state index contributed by atoms with van der Waals surface area (Å²) in [6.45, 7) is 8.24. The first-order valence-electron chi connectivity index (χ1n) is 12.2. The second-order valence-corrected chi connectivity index (χ2v) is 14.8. The number of aromatic amines is 1. The molecule has 4 aromatic rings. The molecule has 4 heterocycles. The average molecular weight is 595 g/mol. The summed E-state index contributed by atoms with van der Waals surface area (Å²) in [6.07, 6.45) is 4.16. The van der Waals surface area contributed by atoms with Gasteiger partial charge in [-0.3, -0.25) is 10.1 Å². The molecule has 39 heavy (non-hydrogen) atoms. The summed E-state index contributed by atoms with van der Waals surface area (Å²) < 4.78 is 48.0. The summed E-state index contributed by atoms with van der Waals surface area (Å²) >= 11 is 12.5. The fraction of sp³-hybridized carbons (Fsp3) is 0.346. The summed E-state index contributed by atoms with van der Waals surface area (Å²) in [5.74, 6) is -0.925. The number of nitrogens with zero attached hydrogens (tertiary/aromatic N) is 4. The standard InChI is InChI=1S/C26H27Cl2F2N6O2P/c1-14(23-17(27)9-31-10-18(23)28)38-22-6-16-21(7-19(22)29)34-35-24(16)15-5-20(30)25(32-8-15)36-11-26(2,12-36)33-13-39(3,4)37/h5-10,14,33H,11-13H2,1-4H3,(H,34,35)/t14-/m1/s1. The Kier molecular flexibility index (Phi) is 7.35. The third-order valence-electron chi connectivity index (χ3n) is 6.58. The van der Waals surface area contributed by atoms with E-state index in [1.54, 1.807) is 20.3 Å². The van der Waals surface area contributed by atoms with Crippen molar-refractivity contribution in [2.24, 2.45) is 0 Å². The average Bonchev–Trinajstić information content (AvgIpc) is 3.23. The van der Waals surface area contributed by atoms with Gasteiger partial charge in [-0.1, -0.05) is 23.2 Å². The van der Waals surface area contributed by atoms with Crippen LogP contribution in [0.2, 0.25) is 10.0 Å². The van der Waals surface area contributed by atoms with Gasteiger partial charge in [0, 0.05) is 60.5 Å². The van der Waals surface area contributed by atoms with E-state index >= 15 is 4.39 Å². The molecule has 0 aliphatic carbocycles. The van der Waals surface area contributed by atoms with E-state index < -0.39 is 24.9 Å². The Morgan fingerprint density at radius 2 is 1.85 bits per heavy atom. The Bertz CT molecular complexity index is 1580. The van der Waals surface area contributed by atoms with Crippen LogP contribution in [-0.2, 0) is 4.57 Å². The number of benzene rings is 1. The number of H-pyrrole nitrogens is 1. The van der Waals surface area contributed by atoms with Crippen LogP contribution >= 0.6 is 30.3 Å². The molecule has 0 radical (unpaired) electrons. The number of nitrogens with one attached hydrogen (secondary N) is 2. The number of fused-ring (bicyclic) bond motifs is 1. The minimum atomic E-state index is -2.21. The van der Waals surface area contributed by atoms with Crippen molar-refractivity contribution in [3.05, 3.63) is 64.0 Å². The first-order valence-corrected chi connectivity index (χ1v) is 15.7. The molecule has 3 aromatic heterocycles. The minimum Gasteiger partial charge on any atom is -0.483 e. The predicted octanol–water partition coefficient (Wildman–Crippen LogP) is 6.49. The molecule has 206 valence electrons. The predicted molar refractivity (Wildman–Crippen MR) is 151 cm³/mol. The third kappa shape index (κ3) is 5.75. The van der Waals surface area contributed by atoms with Crippen molar-refractivity contribution < 1.29 is 18.1 Å². The van der Waals surface area contributed by atoms with Crippen molar-refractivity contribution in [2.45, 2.75) is 25.5 Å². The zero-order chi connectivity index (χ0) is 28.1. The van der Waals surface area contributed by atoms with E-state index in [2.05, 4.69) is 25.5 Å². The summed E-state index contributed by atoms with van der Waals surface area (Å²) in [6, 6.07) is 4.12. The number of halogens is 4. The smallest absolute Gasteiger partial charge is 0.167 e. The van der Waals surface area contributed by atoms with E-state index in [-0.39, 0.29) is 17.1 Å². The minimum absolute atomic E-state index is 0.0392. The highest BCUT2D eigenvalue weighted by Crippen LogP contribution is 2.38. The van der Waals surface area contributed by atoms with Crippen molar-refractivity contribution in [3.63, 3.8) is 0 Å². The van der Waals surface area contributed by atoms with E-state index in [9.17, 15) is 8.96 Å². The molecule has 0 bridgehead atoms. The molecular formula is C26H27Cl2F2N6O2P. The number of pyridine rings is 2. The normalized spacial score (nSPS) is 15.8. The van der Waals surface area contributed by atoms with E-state index in [1.165, 1.54) is 36.8 Å². The van der Waals surface area contributed by atoms with Crippen LogP contribution in [0.15, 0.2) is 36.8 Å². The zero-order valence-corrected chi connectivity index (χ0v) is 24.1. The molecule has 0 amide bonds. The van der Waals surface area contributed by atoms with Gasteiger partial charge in [0.1, 0.15) is 11.8 Å². The van der Waals surface area contributed by atoms with Crippen molar-refractivity contribution in [3.8, 4) is 17.0 Å². The van der Waals surface area contributed by atoms with Gasteiger partial charge in [-0.05, 0) is 39.3 Å². The molecular weight excluding hydrogens is 568 g/mol. The van der Waals surface area contributed by atoms with Gasteiger partial charge in [0.05, 0.1) is 28.2 Å². The Morgan fingerprint density at radius 3 is 2.49 bits per heavy atom. The number of aromatic nitrogens is 4. The van der Waals surface area contributed by atoms with Crippen molar-refractivity contribution in [1.29, 1.82) is 0 Å². The zero-order valence-electron chi connectivity index (χ0n) is 21.7. The van der Waals surface area contributed by atoms with Gasteiger partial charge in [-0.2, -0.15) is 5.10 Å².